The average molecular weight is 241 g/mol. The molecule has 0 unspecified atom stereocenters. The minimum atomic E-state index is 0.0425. The van der Waals surface area contributed by atoms with E-state index in [1.54, 1.807) is 0 Å². The van der Waals surface area contributed by atoms with Gasteiger partial charge in [0.2, 0.25) is 0 Å². The van der Waals surface area contributed by atoms with Crippen LogP contribution in [0.3, 0.4) is 0 Å². The summed E-state index contributed by atoms with van der Waals surface area (Å²) in [5.41, 5.74) is 7.27. The van der Waals surface area contributed by atoms with Gasteiger partial charge in [0, 0.05) is 28.3 Å². The van der Waals surface area contributed by atoms with Crippen LogP contribution in [0.25, 0.3) is 0 Å². The zero-order chi connectivity index (χ0) is 9.31. The summed E-state index contributed by atoms with van der Waals surface area (Å²) in [5, 5.41) is 0. The van der Waals surface area contributed by atoms with Crippen LogP contribution in [0.1, 0.15) is 25.0 Å². The van der Waals surface area contributed by atoms with Crippen molar-refractivity contribution in [2.75, 3.05) is 0 Å². The maximum absolute atomic E-state index is 6.12. The number of nitrogens with two attached hydrogens (primary N) is 1. The molecule has 0 amide bonds. The molecule has 0 aromatic carbocycles. The fourth-order valence-corrected chi connectivity index (χ4v) is 1.91. The fraction of sp³-hybridized carbons (Fsp3) is 0.500. The van der Waals surface area contributed by atoms with Crippen LogP contribution >= 0.6 is 15.9 Å². The fourth-order valence-electron chi connectivity index (χ4n) is 1.68. The first-order chi connectivity index (χ1) is 6.18. The van der Waals surface area contributed by atoms with Crippen molar-refractivity contribution in [3.63, 3.8) is 0 Å². The molecule has 1 aliphatic carbocycles. The first-order valence-corrected chi connectivity index (χ1v) is 5.37. The highest BCUT2D eigenvalue weighted by Gasteiger charge is 2.32. The molecule has 2 N–H and O–H groups in total. The van der Waals surface area contributed by atoms with Crippen molar-refractivity contribution in [2.24, 2.45) is 5.73 Å². The second kappa shape index (κ2) is 3.39. The molecule has 2 nitrogen and oxygen atoms in total. The zero-order valence-electron chi connectivity index (χ0n) is 7.46. The van der Waals surface area contributed by atoms with Gasteiger partial charge in [0.15, 0.2) is 0 Å². The van der Waals surface area contributed by atoms with Crippen LogP contribution in [0.15, 0.2) is 22.8 Å². The molecule has 1 saturated carbocycles. The van der Waals surface area contributed by atoms with E-state index in [9.17, 15) is 0 Å². The lowest BCUT2D eigenvalue weighted by molar-refractivity contribution is 0.245. The molecule has 0 bridgehead atoms. The van der Waals surface area contributed by atoms with Gasteiger partial charge in [-0.05, 0) is 47.3 Å². The van der Waals surface area contributed by atoms with Gasteiger partial charge in [-0.1, -0.05) is 0 Å². The Kier molecular flexibility index (Phi) is 2.39. The number of rotatable bonds is 2. The van der Waals surface area contributed by atoms with E-state index >= 15 is 0 Å². The number of hydrogen-bond acceptors (Lipinski definition) is 2. The van der Waals surface area contributed by atoms with Gasteiger partial charge >= 0.3 is 0 Å². The lowest BCUT2D eigenvalue weighted by Crippen LogP contribution is -2.48. The largest absolute Gasteiger partial charge is 0.325 e. The molecule has 13 heavy (non-hydrogen) atoms. The van der Waals surface area contributed by atoms with Gasteiger partial charge in [-0.15, -0.1) is 0 Å². The third-order valence-corrected chi connectivity index (χ3v) is 3.14. The Balaban J connectivity index is 2.05. The summed E-state index contributed by atoms with van der Waals surface area (Å²) < 4.78 is 1.02. The van der Waals surface area contributed by atoms with Crippen LogP contribution in [0.4, 0.5) is 0 Å². The molecule has 70 valence electrons. The molecule has 0 spiro atoms. The van der Waals surface area contributed by atoms with E-state index in [1.807, 2.05) is 18.3 Å². The van der Waals surface area contributed by atoms with Gasteiger partial charge in [-0.25, -0.2) is 0 Å². The Morgan fingerprint density at radius 3 is 2.69 bits per heavy atom. The van der Waals surface area contributed by atoms with E-state index in [0.717, 1.165) is 29.4 Å². The van der Waals surface area contributed by atoms with Crippen molar-refractivity contribution in [1.82, 2.24) is 4.98 Å². The van der Waals surface area contributed by atoms with E-state index in [2.05, 4.69) is 20.9 Å². The Morgan fingerprint density at radius 1 is 1.46 bits per heavy atom. The molecular formula is C10H13BrN2. The average Bonchev–Trinajstić information content (AvgIpc) is 2.06. The molecule has 2 rings (SSSR count). The predicted octanol–water partition coefficient (Wildman–Crippen LogP) is 2.27. The van der Waals surface area contributed by atoms with Crippen molar-refractivity contribution >= 4 is 15.9 Å². The van der Waals surface area contributed by atoms with Gasteiger partial charge < -0.3 is 5.73 Å². The molecule has 1 aromatic rings. The zero-order valence-corrected chi connectivity index (χ0v) is 9.05. The van der Waals surface area contributed by atoms with Gasteiger partial charge in [0.1, 0.15) is 0 Å². The van der Waals surface area contributed by atoms with Crippen LogP contribution in [0.5, 0.6) is 0 Å². The Morgan fingerprint density at radius 2 is 2.23 bits per heavy atom. The van der Waals surface area contributed by atoms with Crippen molar-refractivity contribution in [1.29, 1.82) is 0 Å². The van der Waals surface area contributed by atoms with Crippen LogP contribution in [0.2, 0.25) is 0 Å². The number of pyridine rings is 1. The molecule has 1 fully saturated rings. The summed E-state index contributed by atoms with van der Waals surface area (Å²) in [7, 11) is 0. The van der Waals surface area contributed by atoms with Crippen LogP contribution in [-0.4, -0.2) is 10.5 Å². The summed E-state index contributed by atoms with van der Waals surface area (Å²) in [6, 6.07) is 4.06. The maximum atomic E-state index is 6.12. The van der Waals surface area contributed by atoms with Gasteiger partial charge in [-0.3, -0.25) is 4.98 Å². The monoisotopic (exact) mass is 240 g/mol. The minimum Gasteiger partial charge on any atom is -0.325 e. The molecule has 0 aliphatic heterocycles. The van der Waals surface area contributed by atoms with Gasteiger partial charge in [0.05, 0.1) is 0 Å². The molecule has 0 radical (unpaired) electrons. The highest BCUT2D eigenvalue weighted by Crippen LogP contribution is 2.31. The van der Waals surface area contributed by atoms with E-state index in [4.69, 9.17) is 5.73 Å². The van der Waals surface area contributed by atoms with Crippen molar-refractivity contribution in [3.8, 4) is 0 Å². The second-order valence-electron chi connectivity index (χ2n) is 3.86. The lowest BCUT2D eigenvalue weighted by Gasteiger charge is -2.37. The Labute approximate surface area is 86.7 Å². The number of aromatic nitrogens is 1. The van der Waals surface area contributed by atoms with E-state index < -0.39 is 0 Å². The molecular weight excluding hydrogens is 228 g/mol. The Bertz CT molecular complexity index is 290. The normalized spacial score (nSPS) is 19.5. The first kappa shape index (κ1) is 9.16. The van der Waals surface area contributed by atoms with Crippen molar-refractivity contribution < 1.29 is 0 Å². The van der Waals surface area contributed by atoms with Crippen molar-refractivity contribution in [2.45, 2.75) is 31.2 Å². The topological polar surface area (TPSA) is 38.9 Å². The van der Waals surface area contributed by atoms with Crippen LogP contribution in [0, 0.1) is 0 Å². The molecule has 1 aliphatic rings. The third-order valence-electron chi connectivity index (χ3n) is 2.67. The quantitative estimate of drug-likeness (QED) is 0.862. The molecule has 1 aromatic heterocycles. The highest BCUT2D eigenvalue weighted by molar-refractivity contribution is 9.10. The predicted molar refractivity (Wildman–Crippen MR) is 56.4 cm³/mol. The smallest absolute Gasteiger partial charge is 0.0422 e. The highest BCUT2D eigenvalue weighted by atomic mass is 79.9. The summed E-state index contributed by atoms with van der Waals surface area (Å²) >= 11 is 3.36. The van der Waals surface area contributed by atoms with E-state index in [1.165, 1.54) is 6.42 Å². The first-order valence-electron chi connectivity index (χ1n) is 4.57. The van der Waals surface area contributed by atoms with Crippen LogP contribution in [-0.2, 0) is 6.42 Å². The number of nitrogens with zero attached hydrogens (tertiary/aromatic N) is 1. The summed E-state index contributed by atoms with van der Waals surface area (Å²) in [6.45, 7) is 0. The molecule has 0 saturated heterocycles. The Hall–Kier alpha value is -0.410. The molecule has 1 heterocycles. The summed E-state index contributed by atoms with van der Waals surface area (Å²) in [5.74, 6) is 0. The van der Waals surface area contributed by atoms with Crippen molar-refractivity contribution in [3.05, 3.63) is 28.5 Å². The summed E-state index contributed by atoms with van der Waals surface area (Å²) in [4.78, 5) is 4.32. The maximum Gasteiger partial charge on any atom is 0.0422 e. The van der Waals surface area contributed by atoms with Gasteiger partial charge in [0.25, 0.3) is 0 Å². The molecule has 0 atom stereocenters. The lowest BCUT2D eigenvalue weighted by atomic mass is 9.74. The summed E-state index contributed by atoms with van der Waals surface area (Å²) in [6.07, 6.45) is 6.31. The third kappa shape index (κ3) is 2.09. The van der Waals surface area contributed by atoms with Crippen LogP contribution < -0.4 is 5.73 Å². The van der Waals surface area contributed by atoms with E-state index in [0.29, 0.717) is 0 Å². The minimum absolute atomic E-state index is 0.0425. The SMILES string of the molecule is NC1(Cc2ccc(Br)cn2)CCC1. The molecule has 3 heteroatoms. The number of halogens is 1. The second-order valence-corrected chi connectivity index (χ2v) is 4.78. The standard InChI is InChI=1S/C10H13BrN2/c11-8-2-3-9(13-7-8)6-10(12)4-1-5-10/h2-3,7H,1,4-6,12H2. The van der Waals surface area contributed by atoms with E-state index in [-0.39, 0.29) is 5.54 Å². The number of hydrogen-bond donors (Lipinski definition) is 1. The van der Waals surface area contributed by atoms with Gasteiger partial charge in [-0.2, -0.15) is 0 Å².